The van der Waals surface area contributed by atoms with E-state index in [0.717, 1.165) is 6.42 Å². The number of anilines is 1. The third-order valence-electron chi connectivity index (χ3n) is 4.23. The van der Waals surface area contributed by atoms with Crippen LogP contribution in [0.5, 0.6) is 0 Å². The average molecular weight is 326 g/mol. The molecule has 0 spiro atoms. The number of carbonyl (C=O) groups excluding carboxylic acids is 1. The smallest absolute Gasteiger partial charge is 0.307 e. The molecule has 0 radical (unpaired) electrons. The fraction of sp³-hybridized carbons (Fsp3) is 0.333. The molecule has 1 fully saturated rings. The van der Waals surface area contributed by atoms with E-state index in [4.69, 9.17) is 23.2 Å². The number of carbonyl (C=O) groups is 2. The van der Waals surface area contributed by atoms with Gasteiger partial charge in [0.05, 0.1) is 21.9 Å². The average Bonchev–Trinajstić information content (AvgIpc) is 3.03. The zero-order valence-electron chi connectivity index (χ0n) is 10.9. The first-order valence-electron chi connectivity index (χ1n) is 6.64. The first-order chi connectivity index (χ1) is 9.97. The molecule has 4 nitrogen and oxygen atoms in total. The molecule has 110 valence electrons. The summed E-state index contributed by atoms with van der Waals surface area (Å²) in [5, 5.41) is 12.8. The van der Waals surface area contributed by atoms with Crippen LogP contribution in [-0.4, -0.2) is 17.0 Å². The maximum Gasteiger partial charge on any atom is 0.307 e. The van der Waals surface area contributed by atoms with E-state index in [9.17, 15) is 14.7 Å². The molecule has 0 aromatic heterocycles. The molecule has 1 saturated carbocycles. The van der Waals surface area contributed by atoms with Crippen LogP contribution in [0.25, 0.3) is 0 Å². The quantitative estimate of drug-likeness (QED) is 0.836. The predicted molar refractivity (Wildman–Crippen MR) is 80.4 cm³/mol. The SMILES string of the molecule is O=C(O)[C@H]1[C@H](C(=O)Nc2ccc(Cl)c(Cl)c2)[C@H]2C=C[C@@H]1C2. The van der Waals surface area contributed by atoms with Crippen molar-refractivity contribution in [1.29, 1.82) is 0 Å². The lowest BCUT2D eigenvalue weighted by atomic mass is 9.82. The van der Waals surface area contributed by atoms with Gasteiger partial charge in [-0.15, -0.1) is 0 Å². The van der Waals surface area contributed by atoms with Crippen molar-refractivity contribution in [3.63, 3.8) is 0 Å². The van der Waals surface area contributed by atoms with Crippen molar-refractivity contribution >= 4 is 40.8 Å². The van der Waals surface area contributed by atoms with Gasteiger partial charge in [-0.05, 0) is 36.5 Å². The Kier molecular flexibility index (Phi) is 3.68. The normalized spacial score (nSPS) is 29.6. The van der Waals surface area contributed by atoms with E-state index in [2.05, 4.69) is 5.32 Å². The number of carboxylic acids is 1. The van der Waals surface area contributed by atoms with Crippen LogP contribution >= 0.6 is 23.2 Å². The van der Waals surface area contributed by atoms with Crippen molar-refractivity contribution in [2.75, 3.05) is 5.32 Å². The van der Waals surface area contributed by atoms with Gasteiger partial charge in [-0.1, -0.05) is 35.4 Å². The summed E-state index contributed by atoms with van der Waals surface area (Å²) in [6.45, 7) is 0. The number of halogens is 2. The Morgan fingerprint density at radius 3 is 2.38 bits per heavy atom. The highest BCUT2D eigenvalue weighted by molar-refractivity contribution is 6.42. The second-order valence-corrected chi connectivity index (χ2v) is 6.27. The fourth-order valence-electron chi connectivity index (χ4n) is 3.32. The largest absolute Gasteiger partial charge is 0.481 e. The first kappa shape index (κ1) is 14.4. The third-order valence-corrected chi connectivity index (χ3v) is 4.97. The molecular weight excluding hydrogens is 313 g/mol. The molecule has 6 heteroatoms. The Balaban J connectivity index is 1.80. The van der Waals surface area contributed by atoms with E-state index in [0.29, 0.717) is 15.7 Å². The van der Waals surface area contributed by atoms with Gasteiger partial charge in [0.25, 0.3) is 0 Å². The minimum absolute atomic E-state index is 0.00104. The van der Waals surface area contributed by atoms with Crippen LogP contribution in [0.15, 0.2) is 30.4 Å². The van der Waals surface area contributed by atoms with Crippen molar-refractivity contribution in [2.45, 2.75) is 6.42 Å². The second kappa shape index (κ2) is 5.35. The monoisotopic (exact) mass is 325 g/mol. The number of nitrogens with one attached hydrogen (secondary N) is 1. The van der Waals surface area contributed by atoms with Gasteiger partial charge in [0.1, 0.15) is 0 Å². The summed E-state index contributed by atoms with van der Waals surface area (Å²) in [7, 11) is 0. The molecule has 2 bridgehead atoms. The highest BCUT2D eigenvalue weighted by atomic mass is 35.5. The van der Waals surface area contributed by atoms with Crippen LogP contribution in [0, 0.1) is 23.7 Å². The predicted octanol–water partition coefficient (Wildman–Crippen LogP) is 3.45. The molecule has 0 heterocycles. The lowest BCUT2D eigenvalue weighted by molar-refractivity contribution is -0.146. The Morgan fingerprint density at radius 2 is 1.76 bits per heavy atom. The number of rotatable bonds is 3. The summed E-state index contributed by atoms with van der Waals surface area (Å²) in [4.78, 5) is 23.8. The summed E-state index contributed by atoms with van der Waals surface area (Å²) < 4.78 is 0. The lowest BCUT2D eigenvalue weighted by Crippen LogP contribution is -2.36. The van der Waals surface area contributed by atoms with E-state index >= 15 is 0 Å². The molecule has 0 unspecified atom stereocenters. The summed E-state index contributed by atoms with van der Waals surface area (Å²) in [5.41, 5.74) is 0.519. The van der Waals surface area contributed by atoms with Gasteiger partial charge in [0, 0.05) is 5.69 Å². The standard InChI is InChI=1S/C15H13Cl2NO3/c16-10-4-3-9(6-11(10)17)18-14(19)12-7-1-2-8(5-7)13(12)15(20)21/h1-4,6-8,12-13H,5H2,(H,18,19)(H,20,21)/t7-,8+,12+,13+/m0/s1. The van der Waals surface area contributed by atoms with Crippen molar-refractivity contribution in [3.8, 4) is 0 Å². The van der Waals surface area contributed by atoms with Crippen LogP contribution in [-0.2, 0) is 9.59 Å². The van der Waals surface area contributed by atoms with Gasteiger partial charge >= 0.3 is 5.97 Å². The van der Waals surface area contributed by atoms with Crippen LogP contribution < -0.4 is 5.32 Å². The van der Waals surface area contributed by atoms with E-state index in [-0.39, 0.29) is 17.7 Å². The Labute approximate surface area is 131 Å². The highest BCUT2D eigenvalue weighted by Crippen LogP contribution is 2.48. The molecule has 1 aromatic carbocycles. The molecule has 2 aliphatic rings. The van der Waals surface area contributed by atoms with Gasteiger partial charge in [0.2, 0.25) is 5.91 Å². The van der Waals surface area contributed by atoms with E-state index in [1.165, 1.54) is 0 Å². The maximum absolute atomic E-state index is 12.4. The molecule has 0 saturated heterocycles. The number of aliphatic carboxylic acids is 1. The van der Waals surface area contributed by atoms with Gasteiger partial charge in [-0.2, -0.15) is 0 Å². The maximum atomic E-state index is 12.4. The van der Waals surface area contributed by atoms with E-state index in [1.807, 2.05) is 12.2 Å². The molecule has 3 rings (SSSR count). The van der Waals surface area contributed by atoms with Crippen molar-refractivity contribution in [2.24, 2.45) is 23.7 Å². The number of benzene rings is 1. The van der Waals surface area contributed by atoms with Crippen molar-refractivity contribution in [1.82, 2.24) is 0 Å². The number of hydrogen-bond acceptors (Lipinski definition) is 2. The lowest BCUT2D eigenvalue weighted by Gasteiger charge is -2.23. The molecule has 2 N–H and O–H groups in total. The minimum atomic E-state index is -0.916. The highest BCUT2D eigenvalue weighted by Gasteiger charge is 2.51. The van der Waals surface area contributed by atoms with Gasteiger partial charge in [-0.25, -0.2) is 0 Å². The van der Waals surface area contributed by atoms with Crippen molar-refractivity contribution < 1.29 is 14.7 Å². The van der Waals surface area contributed by atoms with Crippen LogP contribution in [0.3, 0.4) is 0 Å². The van der Waals surface area contributed by atoms with Gasteiger partial charge in [0.15, 0.2) is 0 Å². The first-order valence-corrected chi connectivity index (χ1v) is 7.40. The molecule has 2 aliphatic carbocycles. The number of hydrogen-bond donors (Lipinski definition) is 2. The van der Waals surface area contributed by atoms with Crippen LogP contribution in [0.1, 0.15) is 6.42 Å². The molecule has 4 atom stereocenters. The zero-order valence-corrected chi connectivity index (χ0v) is 12.4. The summed E-state index contributed by atoms with van der Waals surface area (Å²) >= 11 is 11.7. The third kappa shape index (κ3) is 2.54. The molecule has 1 aromatic rings. The topological polar surface area (TPSA) is 66.4 Å². The summed E-state index contributed by atoms with van der Waals surface area (Å²) in [5.74, 6) is -2.43. The minimum Gasteiger partial charge on any atom is -0.481 e. The van der Waals surface area contributed by atoms with Gasteiger partial charge < -0.3 is 10.4 Å². The van der Waals surface area contributed by atoms with Gasteiger partial charge in [-0.3, -0.25) is 9.59 Å². The molecular formula is C15H13Cl2NO3. The summed E-state index contributed by atoms with van der Waals surface area (Å²) in [6.07, 6.45) is 4.59. The second-order valence-electron chi connectivity index (χ2n) is 5.46. The Morgan fingerprint density at radius 1 is 1.10 bits per heavy atom. The van der Waals surface area contributed by atoms with Crippen LogP contribution in [0.2, 0.25) is 10.0 Å². The van der Waals surface area contributed by atoms with Crippen LogP contribution in [0.4, 0.5) is 5.69 Å². The number of amides is 1. The fourth-order valence-corrected chi connectivity index (χ4v) is 3.61. The summed E-state index contributed by atoms with van der Waals surface area (Å²) in [6, 6.07) is 4.79. The molecule has 1 amide bonds. The number of carboxylic acid groups (broad SMARTS) is 1. The number of allylic oxidation sites excluding steroid dienone is 2. The molecule has 0 aliphatic heterocycles. The molecule has 21 heavy (non-hydrogen) atoms. The van der Waals surface area contributed by atoms with E-state index in [1.54, 1.807) is 18.2 Å². The Hall–Kier alpha value is -1.52. The zero-order chi connectivity index (χ0) is 15.1. The Bertz CT molecular complexity index is 644. The number of fused-ring (bicyclic) bond motifs is 2. The van der Waals surface area contributed by atoms with E-state index < -0.39 is 17.8 Å². The van der Waals surface area contributed by atoms with Crippen molar-refractivity contribution in [3.05, 3.63) is 40.4 Å².